The van der Waals surface area contributed by atoms with Crippen LogP contribution in [0, 0.1) is 0 Å². The number of halogens is 1. The first-order chi connectivity index (χ1) is 10.1. The molecule has 0 atom stereocenters. The Hall–Kier alpha value is -1.59. The molecule has 0 saturated carbocycles. The molecule has 6 heteroatoms. The summed E-state index contributed by atoms with van der Waals surface area (Å²) in [6.45, 7) is 2.39. The Balaban J connectivity index is 1.64. The molecule has 3 rings (SSSR count). The predicted molar refractivity (Wildman–Crippen MR) is 79.7 cm³/mol. The van der Waals surface area contributed by atoms with Gasteiger partial charge in [-0.2, -0.15) is 0 Å². The zero-order chi connectivity index (χ0) is 14.8. The minimum absolute atomic E-state index is 0.200. The topological polar surface area (TPSA) is 66.6 Å². The number of fused-ring (bicyclic) bond motifs is 1. The van der Waals surface area contributed by atoms with E-state index < -0.39 is 5.97 Å². The number of hydrogen-bond acceptors (Lipinski definition) is 4. The van der Waals surface area contributed by atoms with E-state index in [0.717, 1.165) is 42.9 Å². The van der Waals surface area contributed by atoms with Crippen LogP contribution in [-0.4, -0.2) is 40.6 Å². The van der Waals surface area contributed by atoms with Crippen LogP contribution in [0.2, 0.25) is 5.02 Å². The van der Waals surface area contributed by atoms with Gasteiger partial charge in [0.2, 0.25) is 0 Å². The first-order valence-electron chi connectivity index (χ1n) is 7.12. The van der Waals surface area contributed by atoms with Gasteiger partial charge in [0.25, 0.3) is 0 Å². The van der Waals surface area contributed by atoms with Gasteiger partial charge in [-0.15, -0.1) is 0 Å². The lowest BCUT2D eigenvalue weighted by Gasteiger charge is -2.29. The number of carboxylic acids is 1. The number of likely N-dealkylation sites (tertiary alicyclic amines) is 1. The smallest absolute Gasteiger partial charge is 0.304 e. The minimum Gasteiger partial charge on any atom is -0.481 e. The quantitative estimate of drug-likeness (QED) is 0.940. The second kappa shape index (κ2) is 6.03. The lowest BCUT2D eigenvalue weighted by molar-refractivity contribution is -0.137. The van der Waals surface area contributed by atoms with Gasteiger partial charge in [-0.1, -0.05) is 11.6 Å². The third-order valence-electron chi connectivity index (χ3n) is 3.94. The van der Waals surface area contributed by atoms with Gasteiger partial charge in [0.1, 0.15) is 5.52 Å². The van der Waals surface area contributed by atoms with Crippen molar-refractivity contribution in [3.63, 3.8) is 0 Å². The second-order valence-electron chi connectivity index (χ2n) is 5.42. The summed E-state index contributed by atoms with van der Waals surface area (Å²) in [6.07, 6.45) is 2.09. The molecule has 0 aliphatic carbocycles. The largest absolute Gasteiger partial charge is 0.481 e. The van der Waals surface area contributed by atoms with Crippen molar-refractivity contribution in [1.82, 2.24) is 9.88 Å². The third kappa shape index (κ3) is 3.36. The van der Waals surface area contributed by atoms with Gasteiger partial charge in [-0.05, 0) is 44.1 Å². The highest BCUT2D eigenvalue weighted by Gasteiger charge is 2.24. The number of nitrogens with zero attached hydrogens (tertiary/aromatic N) is 2. The average Bonchev–Trinajstić information content (AvgIpc) is 2.88. The number of carbonyl (C=O) groups is 1. The molecule has 0 amide bonds. The van der Waals surface area contributed by atoms with E-state index in [1.54, 1.807) is 6.07 Å². The second-order valence-corrected chi connectivity index (χ2v) is 5.86. The van der Waals surface area contributed by atoms with Crippen LogP contribution in [0.4, 0.5) is 0 Å². The summed E-state index contributed by atoms with van der Waals surface area (Å²) >= 11 is 5.96. The van der Waals surface area contributed by atoms with Crippen molar-refractivity contribution in [3.05, 3.63) is 29.1 Å². The van der Waals surface area contributed by atoms with E-state index in [1.165, 1.54) is 0 Å². The molecule has 1 saturated heterocycles. The molecule has 1 N–H and O–H groups in total. The van der Waals surface area contributed by atoms with E-state index >= 15 is 0 Å². The van der Waals surface area contributed by atoms with Crippen molar-refractivity contribution >= 4 is 28.7 Å². The van der Waals surface area contributed by atoms with Gasteiger partial charge in [-0.3, -0.25) is 4.79 Å². The van der Waals surface area contributed by atoms with Crippen molar-refractivity contribution in [2.75, 3.05) is 19.6 Å². The van der Waals surface area contributed by atoms with Crippen molar-refractivity contribution < 1.29 is 14.3 Å². The van der Waals surface area contributed by atoms with E-state index in [-0.39, 0.29) is 6.42 Å². The maximum atomic E-state index is 10.6. The summed E-state index contributed by atoms with van der Waals surface area (Å²) in [5.74, 6) is 0.329. The number of rotatable bonds is 4. The Morgan fingerprint density at radius 1 is 1.43 bits per heavy atom. The number of hydrogen-bond donors (Lipinski definition) is 1. The molecule has 1 aromatic heterocycles. The lowest BCUT2D eigenvalue weighted by atomic mass is 9.97. The monoisotopic (exact) mass is 308 g/mol. The number of carboxylic acid groups (broad SMARTS) is 1. The summed E-state index contributed by atoms with van der Waals surface area (Å²) in [6, 6.07) is 5.45. The van der Waals surface area contributed by atoms with Gasteiger partial charge in [0.05, 0.1) is 6.42 Å². The Morgan fingerprint density at radius 3 is 2.90 bits per heavy atom. The van der Waals surface area contributed by atoms with Gasteiger partial charge in [0, 0.05) is 17.5 Å². The number of aliphatic carboxylic acids is 1. The molecule has 0 radical (unpaired) electrons. The summed E-state index contributed by atoms with van der Waals surface area (Å²) in [4.78, 5) is 17.3. The van der Waals surface area contributed by atoms with Gasteiger partial charge < -0.3 is 14.4 Å². The van der Waals surface area contributed by atoms with Crippen molar-refractivity contribution in [2.24, 2.45) is 0 Å². The molecule has 2 aromatic rings. The molecule has 21 heavy (non-hydrogen) atoms. The zero-order valence-electron chi connectivity index (χ0n) is 11.6. The molecule has 0 unspecified atom stereocenters. The maximum absolute atomic E-state index is 10.6. The Bertz CT molecular complexity index is 647. The first kappa shape index (κ1) is 14.4. The van der Waals surface area contributed by atoms with Crippen LogP contribution in [0.25, 0.3) is 11.1 Å². The molecule has 0 bridgehead atoms. The molecule has 112 valence electrons. The van der Waals surface area contributed by atoms with E-state index in [4.69, 9.17) is 21.1 Å². The number of oxazole rings is 1. The van der Waals surface area contributed by atoms with Crippen molar-refractivity contribution in [3.8, 4) is 0 Å². The SMILES string of the molecule is O=C(O)CCN1CCC(c2nc3cc(Cl)ccc3o2)CC1. The third-order valence-corrected chi connectivity index (χ3v) is 4.18. The van der Waals surface area contributed by atoms with Gasteiger partial charge in [-0.25, -0.2) is 4.98 Å². The summed E-state index contributed by atoms with van der Waals surface area (Å²) in [5, 5.41) is 9.37. The van der Waals surface area contributed by atoms with Crippen LogP contribution in [0.15, 0.2) is 22.6 Å². The highest BCUT2D eigenvalue weighted by atomic mass is 35.5. The van der Waals surface area contributed by atoms with Crippen LogP contribution in [0.1, 0.15) is 31.1 Å². The molecular formula is C15H17ClN2O3. The highest BCUT2D eigenvalue weighted by molar-refractivity contribution is 6.31. The molecule has 1 aromatic carbocycles. The Kier molecular flexibility index (Phi) is 4.12. The van der Waals surface area contributed by atoms with Crippen LogP contribution < -0.4 is 0 Å². The van der Waals surface area contributed by atoms with Crippen molar-refractivity contribution in [1.29, 1.82) is 0 Å². The molecule has 0 spiro atoms. The molecule has 1 aliphatic heterocycles. The van der Waals surface area contributed by atoms with E-state index in [0.29, 0.717) is 17.5 Å². The van der Waals surface area contributed by atoms with E-state index in [2.05, 4.69) is 9.88 Å². The van der Waals surface area contributed by atoms with Crippen LogP contribution in [-0.2, 0) is 4.79 Å². The fourth-order valence-electron chi connectivity index (χ4n) is 2.75. The average molecular weight is 309 g/mol. The van der Waals surface area contributed by atoms with E-state index in [1.807, 2.05) is 12.1 Å². The van der Waals surface area contributed by atoms with E-state index in [9.17, 15) is 4.79 Å². The number of piperidine rings is 1. The van der Waals surface area contributed by atoms with Crippen LogP contribution in [0.3, 0.4) is 0 Å². The van der Waals surface area contributed by atoms with Gasteiger partial charge in [0.15, 0.2) is 11.5 Å². The Labute approximate surface area is 127 Å². The fourth-order valence-corrected chi connectivity index (χ4v) is 2.92. The standard InChI is InChI=1S/C15H17ClN2O3/c16-11-1-2-13-12(9-11)17-15(21-13)10-3-6-18(7-4-10)8-5-14(19)20/h1-2,9-10H,3-8H2,(H,19,20). The normalized spacial score (nSPS) is 17.4. The fraction of sp³-hybridized carbons (Fsp3) is 0.467. The number of aromatic nitrogens is 1. The summed E-state index contributed by atoms with van der Waals surface area (Å²) in [7, 11) is 0. The summed E-state index contributed by atoms with van der Waals surface area (Å²) in [5.41, 5.74) is 1.56. The first-order valence-corrected chi connectivity index (χ1v) is 7.50. The number of benzene rings is 1. The minimum atomic E-state index is -0.743. The van der Waals surface area contributed by atoms with Gasteiger partial charge >= 0.3 is 5.97 Å². The van der Waals surface area contributed by atoms with Crippen LogP contribution in [0.5, 0.6) is 0 Å². The molecule has 2 heterocycles. The van der Waals surface area contributed by atoms with Crippen molar-refractivity contribution in [2.45, 2.75) is 25.2 Å². The highest BCUT2D eigenvalue weighted by Crippen LogP contribution is 2.30. The molecule has 1 fully saturated rings. The zero-order valence-corrected chi connectivity index (χ0v) is 12.3. The lowest BCUT2D eigenvalue weighted by Crippen LogP contribution is -2.34. The molecular weight excluding hydrogens is 292 g/mol. The maximum Gasteiger partial charge on any atom is 0.304 e. The molecule has 1 aliphatic rings. The summed E-state index contributed by atoms with van der Waals surface area (Å²) < 4.78 is 5.81. The Morgan fingerprint density at radius 2 is 2.19 bits per heavy atom. The molecule has 5 nitrogen and oxygen atoms in total. The predicted octanol–water partition coefficient (Wildman–Crippen LogP) is 3.14. The van der Waals surface area contributed by atoms with Crippen LogP contribution >= 0.6 is 11.6 Å².